The van der Waals surface area contributed by atoms with Crippen LogP contribution in [-0.4, -0.2) is 34.1 Å². The third kappa shape index (κ3) is 6.48. The van der Waals surface area contributed by atoms with Gasteiger partial charge in [-0.3, -0.25) is 9.59 Å². The molecule has 0 aliphatic heterocycles. The van der Waals surface area contributed by atoms with E-state index in [9.17, 15) is 14.4 Å². The molecule has 0 aliphatic rings. The summed E-state index contributed by atoms with van der Waals surface area (Å²) in [5.41, 5.74) is 0. The molecule has 86 valence electrons. The Kier molecular flexibility index (Phi) is 6.08. The van der Waals surface area contributed by atoms with Crippen LogP contribution in [-0.2, 0) is 14.4 Å². The average Bonchev–Trinajstić information content (AvgIpc) is 2.11. The maximum Gasteiger partial charge on any atom is 0.326 e. The van der Waals surface area contributed by atoms with Gasteiger partial charge in [0.1, 0.15) is 6.04 Å². The van der Waals surface area contributed by atoms with E-state index in [1.807, 2.05) is 0 Å². The summed E-state index contributed by atoms with van der Waals surface area (Å²) < 4.78 is 0. The van der Waals surface area contributed by atoms with Crippen molar-refractivity contribution in [1.82, 2.24) is 5.32 Å². The molecule has 0 fully saturated rings. The minimum absolute atomic E-state index is 0.0971. The van der Waals surface area contributed by atoms with Crippen molar-refractivity contribution in [3.8, 4) is 0 Å². The van der Waals surface area contributed by atoms with E-state index >= 15 is 0 Å². The van der Waals surface area contributed by atoms with Gasteiger partial charge in [0.15, 0.2) is 0 Å². The highest BCUT2D eigenvalue weighted by atomic mass is 16.4. The van der Waals surface area contributed by atoms with Crippen LogP contribution in [0.25, 0.3) is 0 Å². The minimum atomic E-state index is -1.21. The van der Waals surface area contributed by atoms with Gasteiger partial charge >= 0.3 is 11.9 Å². The Morgan fingerprint density at radius 2 is 1.80 bits per heavy atom. The third-order valence-electron chi connectivity index (χ3n) is 1.76. The number of nitrogens with one attached hydrogen (secondary N) is 1. The maximum absolute atomic E-state index is 11.1. The van der Waals surface area contributed by atoms with Crippen LogP contribution >= 0.6 is 0 Å². The van der Waals surface area contributed by atoms with E-state index < -0.39 is 18.0 Å². The van der Waals surface area contributed by atoms with Gasteiger partial charge in [0.05, 0.1) is 0 Å². The number of hydrogen-bond acceptors (Lipinski definition) is 3. The van der Waals surface area contributed by atoms with Crippen LogP contribution in [0.2, 0.25) is 0 Å². The predicted octanol–water partition coefficient (Wildman–Crippen LogP) is 0.221. The molecule has 0 rings (SSSR count). The number of carbonyl (C=O) groups is 3. The predicted molar refractivity (Wildman–Crippen MR) is 51.3 cm³/mol. The molecule has 3 N–H and O–H groups in total. The Hall–Kier alpha value is -1.59. The van der Waals surface area contributed by atoms with Crippen molar-refractivity contribution >= 4 is 17.8 Å². The van der Waals surface area contributed by atoms with Gasteiger partial charge in [-0.25, -0.2) is 4.79 Å². The van der Waals surface area contributed by atoms with Crippen LogP contribution in [0.15, 0.2) is 0 Å². The molecule has 0 unspecified atom stereocenters. The second kappa shape index (κ2) is 6.80. The summed E-state index contributed by atoms with van der Waals surface area (Å²) in [5.74, 6) is -2.65. The first-order chi connectivity index (χ1) is 6.97. The molecular weight excluding hydrogens is 202 g/mol. The largest absolute Gasteiger partial charge is 0.481 e. The minimum Gasteiger partial charge on any atom is -0.481 e. The van der Waals surface area contributed by atoms with Gasteiger partial charge < -0.3 is 15.5 Å². The zero-order valence-corrected chi connectivity index (χ0v) is 8.52. The van der Waals surface area contributed by atoms with Crippen molar-refractivity contribution in [3.63, 3.8) is 0 Å². The Balaban J connectivity index is 4.10. The van der Waals surface area contributed by atoms with Gasteiger partial charge in [0.25, 0.3) is 0 Å². The fourth-order valence-corrected chi connectivity index (χ4v) is 1.02. The average molecular weight is 217 g/mol. The zero-order chi connectivity index (χ0) is 11.8. The first kappa shape index (κ1) is 13.4. The molecule has 0 aromatic heterocycles. The topological polar surface area (TPSA) is 104 Å². The van der Waals surface area contributed by atoms with Crippen molar-refractivity contribution in [2.75, 3.05) is 0 Å². The van der Waals surface area contributed by atoms with Crippen molar-refractivity contribution < 1.29 is 24.6 Å². The monoisotopic (exact) mass is 217 g/mol. The summed E-state index contributed by atoms with van der Waals surface area (Å²) in [7, 11) is 0. The van der Waals surface area contributed by atoms with Gasteiger partial charge in [0.2, 0.25) is 5.91 Å². The SMILES string of the molecule is CCCC(=O)N[C@@H](CCC(=O)O)C(=O)O. The van der Waals surface area contributed by atoms with E-state index in [4.69, 9.17) is 10.2 Å². The van der Waals surface area contributed by atoms with Gasteiger partial charge in [-0.2, -0.15) is 0 Å². The number of aliphatic carboxylic acids is 2. The number of carboxylic acid groups (broad SMARTS) is 2. The van der Waals surface area contributed by atoms with E-state index in [-0.39, 0.29) is 25.2 Å². The van der Waals surface area contributed by atoms with E-state index in [0.29, 0.717) is 6.42 Å². The second-order valence-corrected chi connectivity index (χ2v) is 3.14. The number of hydrogen-bond donors (Lipinski definition) is 3. The molecule has 6 nitrogen and oxygen atoms in total. The van der Waals surface area contributed by atoms with E-state index in [0.717, 1.165) is 0 Å². The number of rotatable bonds is 7. The molecule has 6 heteroatoms. The summed E-state index contributed by atoms with van der Waals surface area (Å²) >= 11 is 0. The molecule has 0 aliphatic carbocycles. The lowest BCUT2D eigenvalue weighted by molar-refractivity contribution is -0.143. The van der Waals surface area contributed by atoms with Gasteiger partial charge in [-0.05, 0) is 12.8 Å². The first-order valence-electron chi connectivity index (χ1n) is 4.71. The van der Waals surface area contributed by atoms with Crippen LogP contribution in [0.1, 0.15) is 32.6 Å². The number of carbonyl (C=O) groups excluding carboxylic acids is 1. The number of carboxylic acids is 2. The summed E-state index contributed by atoms with van der Waals surface area (Å²) in [5, 5.41) is 19.3. The molecule has 0 bridgehead atoms. The molecule has 1 amide bonds. The molecule has 15 heavy (non-hydrogen) atoms. The van der Waals surface area contributed by atoms with Gasteiger partial charge in [-0.1, -0.05) is 6.92 Å². The Morgan fingerprint density at radius 1 is 1.20 bits per heavy atom. The maximum atomic E-state index is 11.1. The van der Waals surface area contributed by atoms with E-state index in [1.165, 1.54) is 0 Å². The molecule has 1 atom stereocenters. The van der Waals surface area contributed by atoms with Gasteiger partial charge in [0, 0.05) is 12.8 Å². The van der Waals surface area contributed by atoms with Crippen molar-refractivity contribution in [2.24, 2.45) is 0 Å². The third-order valence-corrected chi connectivity index (χ3v) is 1.76. The highest BCUT2D eigenvalue weighted by molar-refractivity contribution is 5.83. The summed E-state index contributed by atoms with van der Waals surface area (Å²) in [6.07, 6.45) is 0.497. The van der Waals surface area contributed by atoms with Crippen LogP contribution in [0.4, 0.5) is 0 Å². The lowest BCUT2D eigenvalue weighted by Gasteiger charge is -2.12. The smallest absolute Gasteiger partial charge is 0.326 e. The van der Waals surface area contributed by atoms with Crippen LogP contribution < -0.4 is 5.32 Å². The summed E-state index contributed by atoms with van der Waals surface area (Å²) in [6.45, 7) is 1.80. The molecule has 0 aromatic rings. The van der Waals surface area contributed by atoms with E-state index in [2.05, 4.69) is 5.32 Å². The molecular formula is C9H15NO5. The lowest BCUT2D eigenvalue weighted by Crippen LogP contribution is -2.40. The standard InChI is InChI=1S/C9H15NO5/c1-2-3-7(11)10-6(9(14)15)4-5-8(12)13/h6H,2-5H2,1H3,(H,10,11)(H,12,13)(H,14,15)/t6-/m0/s1. The summed E-state index contributed by atoms with van der Waals surface area (Å²) in [4.78, 5) is 32.0. The second-order valence-electron chi connectivity index (χ2n) is 3.14. The Bertz CT molecular complexity index is 251. The van der Waals surface area contributed by atoms with Crippen LogP contribution in [0.3, 0.4) is 0 Å². The fraction of sp³-hybridized carbons (Fsp3) is 0.667. The molecule has 0 heterocycles. The van der Waals surface area contributed by atoms with E-state index in [1.54, 1.807) is 6.92 Å². The molecule has 0 radical (unpaired) electrons. The van der Waals surface area contributed by atoms with Crippen LogP contribution in [0, 0.1) is 0 Å². The van der Waals surface area contributed by atoms with Gasteiger partial charge in [-0.15, -0.1) is 0 Å². The Morgan fingerprint density at radius 3 is 2.20 bits per heavy atom. The zero-order valence-electron chi connectivity index (χ0n) is 8.52. The Labute approximate surface area is 87.3 Å². The molecule has 0 saturated heterocycles. The summed E-state index contributed by atoms with van der Waals surface area (Å²) in [6, 6.07) is -1.11. The van der Waals surface area contributed by atoms with Crippen molar-refractivity contribution in [1.29, 1.82) is 0 Å². The quantitative estimate of drug-likeness (QED) is 0.566. The highest BCUT2D eigenvalue weighted by Gasteiger charge is 2.20. The first-order valence-corrected chi connectivity index (χ1v) is 4.71. The molecule has 0 spiro atoms. The number of amides is 1. The van der Waals surface area contributed by atoms with Crippen LogP contribution in [0.5, 0.6) is 0 Å². The fourth-order valence-electron chi connectivity index (χ4n) is 1.02. The lowest BCUT2D eigenvalue weighted by atomic mass is 10.1. The van der Waals surface area contributed by atoms with Crippen molar-refractivity contribution in [2.45, 2.75) is 38.6 Å². The normalized spacial score (nSPS) is 11.8. The highest BCUT2D eigenvalue weighted by Crippen LogP contribution is 1.99. The molecule has 0 saturated carbocycles. The molecule has 0 aromatic carbocycles. The van der Waals surface area contributed by atoms with Crippen molar-refractivity contribution in [3.05, 3.63) is 0 Å².